The molecule has 142 valence electrons. The molecule has 0 amide bonds. The molecule has 1 fully saturated rings. The number of aromatic amines is 1. The van der Waals surface area contributed by atoms with Crippen LogP contribution in [0.4, 0.5) is 17.5 Å². The van der Waals surface area contributed by atoms with Crippen LogP contribution in [-0.2, 0) is 4.74 Å². The van der Waals surface area contributed by atoms with Crippen molar-refractivity contribution in [2.75, 3.05) is 19.0 Å². The minimum absolute atomic E-state index is 0.132. The van der Waals surface area contributed by atoms with Crippen LogP contribution in [-0.4, -0.2) is 33.9 Å². The number of benzene rings is 1. The van der Waals surface area contributed by atoms with E-state index in [4.69, 9.17) is 16.0 Å². The van der Waals surface area contributed by atoms with E-state index in [1.165, 1.54) is 18.8 Å². The van der Waals surface area contributed by atoms with E-state index in [1.54, 1.807) is 7.11 Å². The monoisotopic (exact) mass is 376 g/mol. The van der Waals surface area contributed by atoms with Crippen LogP contribution in [0.5, 0.6) is 5.75 Å². The number of hydrogen-bond acceptors (Lipinski definition) is 6. The molecule has 28 heavy (non-hydrogen) atoms. The van der Waals surface area contributed by atoms with Crippen molar-refractivity contribution in [3.8, 4) is 17.0 Å². The van der Waals surface area contributed by atoms with Gasteiger partial charge in [0.15, 0.2) is 17.8 Å². The minimum atomic E-state index is 0.132. The summed E-state index contributed by atoms with van der Waals surface area (Å²) < 4.78 is 11.5. The van der Waals surface area contributed by atoms with Crippen molar-refractivity contribution in [1.29, 1.82) is 0 Å². The molecule has 3 heterocycles. The van der Waals surface area contributed by atoms with Crippen molar-refractivity contribution in [2.24, 2.45) is 0 Å². The second kappa shape index (κ2) is 8.06. The molecule has 4 rings (SSSR count). The zero-order valence-corrected chi connectivity index (χ0v) is 15.5. The van der Waals surface area contributed by atoms with E-state index < -0.39 is 0 Å². The van der Waals surface area contributed by atoms with Crippen LogP contribution in [0.1, 0.15) is 30.9 Å². The first-order valence-electron chi connectivity index (χ1n) is 9.08. The molecule has 0 saturated carbocycles. The zero-order chi connectivity index (χ0) is 19.3. The van der Waals surface area contributed by atoms with Gasteiger partial charge in [0.2, 0.25) is 0 Å². The maximum Gasteiger partial charge on any atom is 0.288 e. The Morgan fingerprint density at radius 3 is 2.86 bits per heavy atom. The molecule has 0 bridgehead atoms. The van der Waals surface area contributed by atoms with Crippen molar-refractivity contribution in [3.05, 3.63) is 53.6 Å². The number of H-pyrrole nitrogens is 1. The predicted octanol–water partition coefficient (Wildman–Crippen LogP) is 4.41. The maximum absolute atomic E-state index is 6.92. The molecule has 2 aromatic heterocycles. The van der Waals surface area contributed by atoms with Gasteiger partial charge in [-0.1, -0.05) is 12.6 Å². The fraction of sp³-hybridized carbons (Fsp3) is 0.300. The van der Waals surface area contributed by atoms with Gasteiger partial charge in [-0.15, -0.1) is 4.98 Å². The SMILES string of the molecule is [C-]#[N+]c1cnc(Nc2cc(-c3ccc([C@@H]4CCCCO4)cc3OC)[nH]n2)cn1. The molecule has 1 aliphatic heterocycles. The number of methoxy groups -OCH3 is 1. The summed E-state index contributed by atoms with van der Waals surface area (Å²) in [6.45, 7) is 7.73. The molecule has 8 nitrogen and oxygen atoms in total. The lowest BCUT2D eigenvalue weighted by Crippen LogP contribution is -2.11. The van der Waals surface area contributed by atoms with Crippen LogP contribution >= 0.6 is 0 Å². The molecule has 0 spiro atoms. The van der Waals surface area contributed by atoms with Crippen molar-refractivity contribution < 1.29 is 9.47 Å². The highest BCUT2D eigenvalue weighted by Gasteiger charge is 2.18. The number of aromatic nitrogens is 4. The van der Waals surface area contributed by atoms with E-state index in [0.29, 0.717) is 11.6 Å². The molecular formula is C20H20N6O2. The van der Waals surface area contributed by atoms with E-state index in [-0.39, 0.29) is 11.9 Å². The smallest absolute Gasteiger partial charge is 0.288 e. The van der Waals surface area contributed by atoms with Crippen LogP contribution in [0.25, 0.3) is 16.1 Å². The first-order chi connectivity index (χ1) is 13.8. The summed E-state index contributed by atoms with van der Waals surface area (Å²) >= 11 is 0. The Kier molecular flexibility index (Phi) is 5.17. The summed E-state index contributed by atoms with van der Waals surface area (Å²) in [6, 6.07) is 8.01. The Bertz CT molecular complexity index is 987. The third-order valence-electron chi connectivity index (χ3n) is 4.65. The molecule has 3 aromatic rings. The molecule has 0 radical (unpaired) electrons. The summed E-state index contributed by atoms with van der Waals surface area (Å²) in [7, 11) is 1.66. The van der Waals surface area contributed by atoms with Gasteiger partial charge in [-0.3, -0.25) is 5.10 Å². The lowest BCUT2D eigenvalue weighted by molar-refractivity contribution is 0.0148. The van der Waals surface area contributed by atoms with Crippen molar-refractivity contribution in [1.82, 2.24) is 20.2 Å². The van der Waals surface area contributed by atoms with E-state index in [2.05, 4.69) is 36.4 Å². The predicted molar refractivity (Wildman–Crippen MR) is 105 cm³/mol. The van der Waals surface area contributed by atoms with E-state index in [0.717, 1.165) is 42.0 Å². The van der Waals surface area contributed by atoms with Crippen LogP contribution in [0.15, 0.2) is 36.7 Å². The van der Waals surface area contributed by atoms with Crippen molar-refractivity contribution >= 4 is 17.5 Å². The van der Waals surface area contributed by atoms with E-state index >= 15 is 0 Å². The molecule has 1 atom stereocenters. The topological polar surface area (TPSA) is 89.3 Å². The number of ether oxygens (including phenoxy) is 2. The lowest BCUT2D eigenvalue weighted by Gasteiger charge is -2.23. The summed E-state index contributed by atoms with van der Waals surface area (Å²) in [4.78, 5) is 11.4. The zero-order valence-electron chi connectivity index (χ0n) is 15.5. The number of anilines is 2. The Hall–Kier alpha value is -3.44. The molecule has 1 aromatic carbocycles. The molecule has 8 heteroatoms. The average molecular weight is 376 g/mol. The Labute approximate surface area is 162 Å². The summed E-state index contributed by atoms with van der Waals surface area (Å²) in [5.74, 6) is 2.13. The van der Waals surface area contributed by atoms with Crippen molar-refractivity contribution in [2.45, 2.75) is 25.4 Å². The largest absolute Gasteiger partial charge is 0.496 e. The van der Waals surface area contributed by atoms with E-state index in [9.17, 15) is 0 Å². The third kappa shape index (κ3) is 3.80. The van der Waals surface area contributed by atoms with Gasteiger partial charge in [0.1, 0.15) is 5.75 Å². The first kappa shape index (κ1) is 17.9. The quantitative estimate of drug-likeness (QED) is 0.641. The molecule has 0 unspecified atom stereocenters. The molecule has 0 aliphatic carbocycles. The Morgan fingerprint density at radius 2 is 2.14 bits per heavy atom. The van der Waals surface area contributed by atoms with Crippen LogP contribution in [0, 0.1) is 6.57 Å². The second-order valence-electron chi connectivity index (χ2n) is 6.48. The van der Waals surface area contributed by atoms with Gasteiger partial charge in [-0.25, -0.2) is 4.98 Å². The minimum Gasteiger partial charge on any atom is -0.496 e. The highest BCUT2D eigenvalue weighted by atomic mass is 16.5. The van der Waals surface area contributed by atoms with Crippen molar-refractivity contribution in [3.63, 3.8) is 0 Å². The Balaban J connectivity index is 1.54. The summed E-state index contributed by atoms with van der Waals surface area (Å²) in [5.41, 5.74) is 2.87. The number of rotatable bonds is 5. The summed E-state index contributed by atoms with van der Waals surface area (Å²) in [6.07, 6.45) is 6.39. The van der Waals surface area contributed by atoms with Gasteiger partial charge in [0, 0.05) is 18.2 Å². The number of hydrogen-bond donors (Lipinski definition) is 2. The second-order valence-corrected chi connectivity index (χ2v) is 6.48. The number of nitrogens with one attached hydrogen (secondary N) is 2. The fourth-order valence-electron chi connectivity index (χ4n) is 3.23. The first-order valence-corrected chi connectivity index (χ1v) is 9.08. The van der Waals surface area contributed by atoms with Gasteiger partial charge in [0.25, 0.3) is 5.82 Å². The normalized spacial score (nSPS) is 16.4. The van der Waals surface area contributed by atoms with Gasteiger partial charge < -0.3 is 19.6 Å². The standard InChI is InChI=1S/C20H20N6O2/c1-21-19-11-23-20(12-22-19)24-18-10-15(25-26-18)14-7-6-13(9-17(14)27-2)16-5-3-4-8-28-16/h6-7,9-12,16H,3-5,8H2,2H3,(H2,23,24,25,26)/t16-/m0/s1. The highest BCUT2D eigenvalue weighted by Crippen LogP contribution is 2.35. The van der Waals surface area contributed by atoms with Gasteiger partial charge in [0.05, 0.1) is 25.1 Å². The molecular weight excluding hydrogens is 356 g/mol. The van der Waals surface area contributed by atoms with Gasteiger partial charge >= 0.3 is 0 Å². The fourth-order valence-corrected chi connectivity index (χ4v) is 3.23. The van der Waals surface area contributed by atoms with Crippen LogP contribution < -0.4 is 10.1 Å². The molecule has 1 saturated heterocycles. The lowest BCUT2D eigenvalue weighted by atomic mass is 9.99. The maximum atomic E-state index is 6.92. The average Bonchev–Trinajstić information content (AvgIpc) is 3.22. The van der Waals surface area contributed by atoms with Gasteiger partial charge in [-0.2, -0.15) is 5.10 Å². The molecule has 2 N–H and O–H groups in total. The Morgan fingerprint density at radius 1 is 1.21 bits per heavy atom. The third-order valence-corrected chi connectivity index (χ3v) is 4.65. The van der Waals surface area contributed by atoms with Crippen LogP contribution in [0.2, 0.25) is 0 Å². The summed E-state index contributed by atoms with van der Waals surface area (Å²) in [5, 5.41) is 10.4. The highest BCUT2D eigenvalue weighted by molar-refractivity contribution is 5.71. The van der Waals surface area contributed by atoms with E-state index in [1.807, 2.05) is 18.2 Å². The number of nitrogens with zero attached hydrogens (tertiary/aromatic N) is 4. The van der Waals surface area contributed by atoms with Gasteiger partial charge in [-0.05, 0) is 37.0 Å². The molecule has 1 aliphatic rings. The van der Waals surface area contributed by atoms with Crippen LogP contribution in [0.3, 0.4) is 0 Å².